The van der Waals surface area contributed by atoms with Gasteiger partial charge in [-0.1, -0.05) is 78.1 Å². The Kier molecular flexibility index (Phi) is 11.1. The first-order valence-electron chi connectivity index (χ1n) is 13.9. The summed E-state index contributed by atoms with van der Waals surface area (Å²) >= 11 is 3.96. The number of aryl methyl sites for hydroxylation is 2. The number of thiophene rings is 2. The van der Waals surface area contributed by atoms with Crippen molar-refractivity contribution in [2.75, 3.05) is 0 Å². The lowest BCUT2D eigenvalue weighted by atomic mass is 10.0. The van der Waals surface area contributed by atoms with Crippen LogP contribution >= 0.6 is 34.4 Å². The highest BCUT2D eigenvalue weighted by Gasteiger charge is 2.26. The van der Waals surface area contributed by atoms with Crippen LogP contribution in [0.15, 0.2) is 22.9 Å². The number of rotatable bonds is 16. The fourth-order valence-electron chi connectivity index (χ4n) is 4.89. The number of unbranched alkanes of at least 4 members (excludes halogenated alkanes) is 10. The second-order valence-electron chi connectivity index (χ2n) is 10.0. The number of fused-ring (bicyclic) bond motifs is 1. The number of benzene rings is 1. The third-order valence-corrected chi connectivity index (χ3v) is 9.55. The van der Waals surface area contributed by atoms with E-state index in [4.69, 9.17) is 0 Å². The van der Waals surface area contributed by atoms with Crippen molar-refractivity contribution in [3.8, 4) is 20.9 Å². The van der Waals surface area contributed by atoms with Gasteiger partial charge in [0.05, 0.1) is 22.9 Å². The van der Waals surface area contributed by atoms with E-state index in [1.54, 1.807) is 0 Å². The largest absolute Gasteiger partial charge is 0.203 e. The fourth-order valence-corrected chi connectivity index (χ4v) is 7.42. The Morgan fingerprint density at radius 3 is 1.43 bits per heavy atom. The summed E-state index contributed by atoms with van der Waals surface area (Å²) in [6, 6.07) is 4.02. The first kappa shape index (κ1) is 28.3. The molecule has 0 saturated carbocycles. The Balaban J connectivity index is 1.49. The molecule has 0 N–H and O–H groups in total. The molecule has 0 aliphatic carbocycles. The van der Waals surface area contributed by atoms with Gasteiger partial charge >= 0.3 is 0 Å². The summed E-state index contributed by atoms with van der Waals surface area (Å²) in [5.74, 6) is -1.62. The summed E-state index contributed by atoms with van der Waals surface area (Å²) in [6.45, 7) is 4.45. The molecule has 0 spiro atoms. The molecule has 7 heteroatoms. The zero-order valence-corrected chi connectivity index (χ0v) is 24.5. The molecule has 3 heterocycles. The molecule has 2 nitrogen and oxygen atoms in total. The molecule has 0 atom stereocenters. The Bertz CT molecular complexity index is 1160. The van der Waals surface area contributed by atoms with Gasteiger partial charge in [-0.05, 0) is 59.7 Å². The molecule has 3 aromatic heterocycles. The van der Waals surface area contributed by atoms with Crippen LogP contribution in [0.5, 0.6) is 0 Å². The molecule has 0 aliphatic heterocycles. The maximum atomic E-state index is 15.6. The minimum Gasteiger partial charge on any atom is -0.203 e. The SMILES string of the molecule is CCCCCCCCc1csc(-c2c(F)c(F)c(-c3cc(CCCCCCCC)cs3)c3nsnc23)c1. The van der Waals surface area contributed by atoms with E-state index in [0.29, 0.717) is 11.0 Å². The van der Waals surface area contributed by atoms with Crippen LogP contribution < -0.4 is 0 Å². The highest BCUT2D eigenvalue weighted by molar-refractivity contribution is 7.14. The lowest BCUT2D eigenvalue weighted by molar-refractivity contribution is 0.516. The zero-order chi connectivity index (χ0) is 26.0. The maximum Gasteiger partial charge on any atom is 0.170 e. The third-order valence-electron chi connectivity index (χ3n) is 7.03. The number of halogens is 2. The smallest absolute Gasteiger partial charge is 0.170 e. The van der Waals surface area contributed by atoms with E-state index < -0.39 is 11.6 Å². The molecular formula is C30H38F2N2S3. The fraction of sp³-hybridized carbons (Fsp3) is 0.533. The summed E-state index contributed by atoms with van der Waals surface area (Å²) in [4.78, 5) is 1.47. The van der Waals surface area contributed by atoms with Crippen molar-refractivity contribution in [3.63, 3.8) is 0 Å². The van der Waals surface area contributed by atoms with Crippen LogP contribution in [0.4, 0.5) is 8.78 Å². The van der Waals surface area contributed by atoms with Crippen molar-refractivity contribution >= 4 is 45.4 Å². The normalized spacial score (nSPS) is 11.7. The molecule has 0 aliphatic rings. The molecular weight excluding hydrogens is 523 g/mol. The third kappa shape index (κ3) is 7.24. The summed E-state index contributed by atoms with van der Waals surface area (Å²) < 4.78 is 40.1. The Morgan fingerprint density at radius 2 is 1.00 bits per heavy atom. The molecule has 0 radical (unpaired) electrons. The first-order chi connectivity index (χ1) is 18.1. The Labute approximate surface area is 232 Å². The van der Waals surface area contributed by atoms with Crippen LogP contribution in [0.2, 0.25) is 0 Å². The van der Waals surface area contributed by atoms with Gasteiger partial charge in [0.1, 0.15) is 11.0 Å². The van der Waals surface area contributed by atoms with Gasteiger partial charge in [0.25, 0.3) is 0 Å². The van der Waals surface area contributed by atoms with Crippen LogP contribution in [0.25, 0.3) is 31.9 Å². The van der Waals surface area contributed by atoms with Crippen LogP contribution in [0.3, 0.4) is 0 Å². The second kappa shape index (κ2) is 14.5. The van der Waals surface area contributed by atoms with E-state index in [1.165, 1.54) is 98.0 Å². The van der Waals surface area contributed by atoms with E-state index in [-0.39, 0.29) is 11.1 Å². The summed E-state index contributed by atoms with van der Waals surface area (Å²) in [5, 5.41) is 4.15. The highest BCUT2D eigenvalue weighted by Crippen LogP contribution is 2.43. The van der Waals surface area contributed by atoms with Gasteiger partial charge in [-0.3, -0.25) is 0 Å². The van der Waals surface area contributed by atoms with E-state index in [1.807, 2.05) is 12.1 Å². The molecule has 0 bridgehead atoms. The zero-order valence-electron chi connectivity index (χ0n) is 22.1. The van der Waals surface area contributed by atoms with Crippen molar-refractivity contribution < 1.29 is 8.78 Å². The lowest BCUT2D eigenvalue weighted by Crippen LogP contribution is -1.95. The summed E-state index contributed by atoms with van der Waals surface area (Å²) in [6.07, 6.45) is 16.8. The summed E-state index contributed by atoms with van der Waals surface area (Å²) in [7, 11) is 0. The predicted octanol–water partition coefficient (Wildman–Crippen LogP) is 11.2. The molecule has 4 rings (SSSR count). The van der Waals surface area contributed by atoms with Crippen molar-refractivity contribution in [1.29, 1.82) is 0 Å². The maximum absolute atomic E-state index is 15.6. The highest BCUT2D eigenvalue weighted by atomic mass is 32.1. The molecule has 1 aromatic carbocycles. The van der Waals surface area contributed by atoms with Crippen molar-refractivity contribution in [2.24, 2.45) is 0 Å². The van der Waals surface area contributed by atoms with Gasteiger partial charge in [-0.15, -0.1) is 22.7 Å². The number of nitrogens with zero attached hydrogens (tertiary/aromatic N) is 2. The van der Waals surface area contributed by atoms with Gasteiger partial charge in [0.2, 0.25) is 0 Å². The van der Waals surface area contributed by atoms with Crippen molar-refractivity contribution in [3.05, 3.63) is 45.7 Å². The molecule has 0 unspecified atom stereocenters. The average molecular weight is 561 g/mol. The van der Waals surface area contributed by atoms with Gasteiger partial charge < -0.3 is 0 Å². The van der Waals surface area contributed by atoms with Crippen LogP contribution in [-0.2, 0) is 12.8 Å². The minimum absolute atomic E-state index is 0.257. The van der Waals surface area contributed by atoms with Gasteiger partial charge in [-0.2, -0.15) is 8.75 Å². The van der Waals surface area contributed by atoms with E-state index in [2.05, 4.69) is 33.4 Å². The molecule has 4 aromatic rings. The molecule has 0 saturated heterocycles. The van der Waals surface area contributed by atoms with E-state index in [9.17, 15) is 0 Å². The molecule has 200 valence electrons. The van der Waals surface area contributed by atoms with Crippen molar-refractivity contribution in [1.82, 2.24) is 8.75 Å². The average Bonchev–Trinajstić information content (AvgIpc) is 3.66. The molecule has 0 amide bonds. The number of hydrogen-bond acceptors (Lipinski definition) is 5. The van der Waals surface area contributed by atoms with E-state index >= 15 is 8.78 Å². The van der Waals surface area contributed by atoms with Gasteiger partial charge in [0.15, 0.2) is 11.6 Å². The minimum atomic E-state index is -0.811. The Hall–Kier alpha value is -1.70. The van der Waals surface area contributed by atoms with Crippen LogP contribution in [0, 0.1) is 11.6 Å². The standard InChI is InChI=1S/C30H38F2N2S3/c1-3-5-7-9-11-13-15-21-17-23(35-19-21)25-27(31)28(32)26(30-29(25)33-37-34-30)24-18-22(20-36-24)16-14-12-10-8-6-4-2/h17-20H,3-16H2,1-2H3. The first-order valence-corrected chi connectivity index (χ1v) is 16.4. The predicted molar refractivity (Wildman–Crippen MR) is 158 cm³/mol. The molecule has 37 heavy (non-hydrogen) atoms. The second-order valence-corrected chi connectivity index (χ2v) is 12.4. The number of aromatic nitrogens is 2. The topological polar surface area (TPSA) is 25.8 Å². The lowest BCUT2D eigenvalue weighted by Gasteiger charge is -2.08. The van der Waals surface area contributed by atoms with Crippen molar-refractivity contribution in [2.45, 2.75) is 104 Å². The quantitative estimate of drug-likeness (QED) is 0.127. The van der Waals surface area contributed by atoms with Gasteiger partial charge in [0, 0.05) is 9.75 Å². The Morgan fingerprint density at radius 1 is 0.595 bits per heavy atom. The summed E-state index contributed by atoms with van der Waals surface area (Å²) in [5.41, 5.74) is 3.83. The van der Waals surface area contributed by atoms with Crippen LogP contribution in [0.1, 0.15) is 102 Å². The molecule has 0 fully saturated rings. The monoisotopic (exact) mass is 560 g/mol. The van der Waals surface area contributed by atoms with E-state index in [0.717, 1.165) is 47.2 Å². The number of hydrogen-bond donors (Lipinski definition) is 0. The van der Waals surface area contributed by atoms with Crippen LogP contribution in [-0.4, -0.2) is 8.75 Å². The van der Waals surface area contributed by atoms with Gasteiger partial charge in [-0.25, -0.2) is 8.78 Å².